The maximum Gasteiger partial charge on any atom is 0.161 e. The van der Waals surface area contributed by atoms with Gasteiger partial charge in [0.15, 0.2) is 11.5 Å². The molecule has 0 atom stereocenters. The van der Waals surface area contributed by atoms with Crippen LogP contribution in [0.3, 0.4) is 0 Å². The van der Waals surface area contributed by atoms with Crippen molar-refractivity contribution in [3.8, 4) is 22.8 Å². The Morgan fingerprint density at radius 3 is 2.00 bits per heavy atom. The van der Waals surface area contributed by atoms with Gasteiger partial charge < -0.3 is 18.9 Å². The number of pyridine rings is 1. The van der Waals surface area contributed by atoms with Gasteiger partial charge >= 0.3 is 0 Å². The second-order valence-electron chi connectivity index (χ2n) is 6.95. The first-order valence-electron chi connectivity index (χ1n) is 9.84. The molecule has 1 aromatic heterocycles. The molecule has 1 aliphatic heterocycles. The van der Waals surface area contributed by atoms with Crippen LogP contribution in [0.4, 0.5) is 0 Å². The van der Waals surface area contributed by atoms with E-state index in [1.54, 1.807) is 0 Å². The van der Waals surface area contributed by atoms with E-state index in [1.807, 2.05) is 30.5 Å². The summed E-state index contributed by atoms with van der Waals surface area (Å²) in [4.78, 5) is 4.63. The number of ether oxygens (including phenoxy) is 4. The monoisotopic (exact) mass is 391 g/mol. The minimum absolute atomic E-state index is 0.459. The van der Waals surface area contributed by atoms with Crippen molar-refractivity contribution in [3.63, 3.8) is 0 Å². The number of aryl methyl sites for hydroxylation is 1. The number of fused-ring (bicyclic) bond motifs is 2. The fraction of sp³-hybridized carbons (Fsp3) is 0.292. The number of nitrogens with zero attached hydrogens (tertiary/aromatic N) is 1. The van der Waals surface area contributed by atoms with E-state index >= 15 is 0 Å². The molecule has 5 nitrogen and oxygen atoms in total. The first-order valence-corrected chi connectivity index (χ1v) is 9.84. The molecule has 0 fully saturated rings. The molecule has 29 heavy (non-hydrogen) atoms. The van der Waals surface area contributed by atoms with Gasteiger partial charge in [0.25, 0.3) is 0 Å². The molecule has 0 amide bonds. The van der Waals surface area contributed by atoms with Crippen LogP contribution in [0, 0.1) is 6.92 Å². The van der Waals surface area contributed by atoms with E-state index in [0.717, 1.165) is 33.9 Å². The van der Waals surface area contributed by atoms with Crippen LogP contribution in [0.1, 0.15) is 16.7 Å². The molecule has 0 N–H and O–H groups in total. The minimum Gasteiger partial charge on any atom is -0.487 e. The van der Waals surface area contributed by atoms with Crippen molar-refractivity contribution in [2.45, 2.75) is 20.1 Å². The number of para-hydroxylation sites is 2. The lowest BCUT2D eigenvalue weighted by atomic mass is 10.0. The van der Waals surface area contributed by atoms with E-state index in [4.69, 9.17) is 18.9 Å². The van der Waals surface area contributed by atoms with Gasteiger partial charge in [-0.05, 0) is 30.7 Å². The van der Waals surface area contributed by atoms with Crippen LogP contribution >= 0.6 is 0 Å². The second-order valence-corrected chi connectivity index (χ2v) is 6.95. The van der Waals surface area contributed by atoms with E-state index in [1.165, 1.54) is 5.56 Å². The highest BCUT2D eigenvalue weighted by Crippen LogP contribution is 2.27. The Morgan fingerprint density at radius 2 is 1.34 bits per heavy atom. The predicted molar refractivity (Wildman–Crippen MR) is 111 cm³/mol. The normalized spacial score (nSPS) is 15.2. The predicted octanol–water partition coefficient (Wildman–Crippen LogP) is 4.56. The molecule has 0 saturated heterocycles. The molecule has 0 spiro atoms. The number of rotatable bonds is 1. The summed E-state index contributed by atoms with van der Waals surface area (Å²) in [5, 5.41) is 0. The Labute approximate surface area is 171 Å². The van der Waals surface area contributed by atoms with Crippen molar-refractivity contribution >= 4 is 0 Å². The first-order chi connectivity index (χ1) is 14.3. The number of aromatic nitrogens is 1. The van der Waals surface area contributed by atoms with Crippen LogP contribution < -0.4 is 9.47 Å². The minimum atomic E-state index is 0.459. The Bertz CT molecular complexity index is 940. The van der Waals surface area contributed by atoms with Crippen LogP contribution in [0.25, 0.3) is 11.3 Å². The van der Waals surface area contributed by atoms with E-state index in [0.29, 0.717) is 39.6 Å². The lowest BCUT2D eigenvalue weighted by Crippen LogP contribution is -2.12. The molecule has 2 aromatic carbocycles. The Balaban J connectivity index is 1.50. The highest BCUT2D eigenvalue weighted by Gasteiger charge is 2.10. The van der Waals surface area contributed by atoms with E-state index in [9.17, 15) is 0 Å². The van der Waals surface area contributed by atoms with Crippen LogP contribution in [-0.2, 0) is 22.7 Å². The van der Waals surface area contributed by atoms with Gasteiger partial charge in [0, 0.05) is 17.3 Å². The Kier molecular flexibility index (Phi) is 6.39. The molecule has 5 heteroatoms. The lowest BCUT2D eigenvalue weighted by molar-refractivity contribution is 0.0705. The molecule has 0 saturated carbocycles. The first kappa shape index (κ1) is 19.4. The van der Waals surface area contributed by atoms with Crippen molar-refractivity contribution in [2.75, 3.05) is 26.4 Å². The van der Waals surface area contributed by atoms with Gasteiger partial charge in [0.2, 0.25) is 0 Å². The molecular formula is C24H25NO4. The summed E-state index contributed by atoms with van der Waals surface area (Å²) in [5.74, 6) is 1.44. The largest absolute Gasteiger partial charge is 0.487 e. The van der Waals surface area contributed by atoms with Crippen molar-refractivity contribution in [1.29, 1.82) is 0 Å². The molecule has 0 aliphatic carbocycles. The van der Waals surface area contributed by atoms with Crippen molar-refractivity contribution in [3.05, 3.63) is 77.5 Å². The van der Waals surface area contributed by atoms with Crippen LogP contribution in [0.5, 0.6) is 11.5 Å². The molecular weight excluding hydrogens is 366 g/mol. The maximum atomic E-state index is 5.88. The fourth-order valence-electron chi connectivity index (χ4n) is 3.15. The topological polar surface area (TPSA) is 49.8 Å². The molecule has 1 aliphatic rings. The van der Waals surface area contributed by atoms with E-state index in [-0.39, 0.29) is 0 Å². The SMILES string of the molecule is Cc1ccc(-c2cc3c(cn2)COCCOc2ccccc2OCCOC3)cc1. The standard InChI is InChI=1S/C24H25NO4/c1-18-6-8-19(9-7-18)22-14-20-16-26-10-12-28-23-4-2-3-5-24(23)29-13-11-27-17-21(20)15-25-22/h2-9,14-15H,10-13,16-17H2,1H3. The highest BCUT2D eigenvalue weighted by molar-refractivity contribution is 5.60. The third-order valence-corrected chi connectivity index (χ3v) is 4.76. The third kappa shape index (κ3) is 5.13. The Morgan fingerprint density at radius 1 is 0.724 bits per heavy atom. The van der Waals surface area contributed by atoms with Crippen molar-refractivity contribution < 1.29 is 18.9 Å². The summed E-state index contributed by atoms with van der Waals surface area (Å²) in [6.07, 6.45) is 1.88. The van der Waals surface area contributed by atoms with Gasteiger partial charge in [-0.15, -0.1) is 0 Å². The van der Waals surface area contributed by atoms with Gasteiger partial charge in [-0.1, -0.05) is 42.0 Å². The van der Waals surface area contributed by atoms with Gasteiger partial charge in [-0.2, -0.15) is 0 Å². The molecule has 2 heterocycles. The summed E-state index contributed by atoms with van der Waals surface area (Å²) in [6.45, 7) is 4.92. The van der Waals surface area contributed by atoms with Crippen molar-refractivity contribution in [1.82, 2.24) is 4.98 Å². The molecule has 0 unspecified atom stereocenters. The third-order valence-electron chi connectivity index (χ3n) is 4.76. The quantitative estimate of drug-likeness (QED) is 0.609. The van der Waals surface area contributed by atoms with Gasteiger partial charge in [-0.25, -0.2) is 0 Å². The van der Waals surface area contributed by atoms with Gasteiger partial charge in [0.1, 0.15) is 13.2 Å². The van der Waals surface area contributed by atoms with E-state index in [2.05, 4.69) is 42.2 Å². The van der Waals surface area contributed by atoms with Gasteiger partial charge in [0.05, 0.1) is 32.1 Å². The summed E-state index contributed by atoms with van der Waals surface area (Å²) in [5.41, 5.74) is 5.36. The van der Waals surface area contributed by atoms with Crippen LogP contribution in [-0.4, -0.2) is 31.4 Å². The average molecular weight is 391 g/mol. The van der Waals surface area contributed by atoms with Crippen molar-refractivity contribution in [2.24, 2.45) is 0 Å². The zero-order chi connectivity index (χ0) is 19.9. The highest BCUT2D eigenvalue weighted by atomic mass is 16.6. The molecule has 0 radical (unpaired) electrons. The molecule has 4 rings (SSSR count). The molecule has 3 aromatic rings. The lowest BCUT2D eigenvalue weighted by Gasteiger charge is -2.16. The van der Waals surface area contributed by atoms with Crippen LogP contribution in [0.2, 0.25) is 0 Å². The zero-order valence-electron chi connectivity index (χ0n) is 16.6. The molecule has 0 bridgehead atoms. The second kappa shape index (κ2) is 9.54. The summed E-state index contributed by atoms with van der Waals surface area (Å²) in [6, 6.07) is 18.1. The summed E-state index contributed by atoms with van der Waals surface area (Å²) < 4.78 is 23.3. The Hall–Kier alpha value is -2.89. The number of hydrogen-bond acceptors (Lipinski definition) is 5. The van der Waals surface area contributed by atoms with E-state index < -0.39 is 0 Å². The maximum absolute atomic E-state index is 5.88. The summed E-state index contributed by atoms with van der Waals surface area (Å²) in [7, 11) is 0. The smallest absolute Gasteiger partial charge is 0.161 e. The fourth-order valence-corrected chi connectivity index (χ4v) is 3.15. The molecule has 150 valence electrons. The number of hydrogen-bond donors (Lipinski definition) is 0. The van der Waals surface area contributed by atoms with Crippen LogP contribution in [0.15, 0.2) is 60.8 Å². The number of benzene rings is 2. The average Bonchev–Trinajstić information content (AvgIpc) is 2.75. The van der Waals surface area contributed by atoms with Gasteiger partial charge in [-0.3, -0.25) is 4.98 Å². The zero-order valence-corrected chi connectivity index (χ0v) is 16.6. The summed E-state index contributed by atoms with van der Waals surface area (Å²) >= 11 is 0.